The fourth-order valence-corrected chi connectivity index (χ4v) is 2.03. The van der Waals surface area contributed by atoms with Crippen LogP contribution in [0.2, 0.25) is 0 Å². The van der Waals surface area contributed by atoms with E-state index in [0.717, 1.165) is 19.6 Å². The summed E-state index contributed by atoms with van der Waals surface area (Å²) in [5, 5.41) is 2.94. The van der Waals surface area contributed by atoms with Crippen molar-refractivity contribution in [2.45, 2.75) is 38.3 Å². The predicted molar refractivity (Wildman–Crippen MR) is 66.1 cm³/mol. The Balaban J connectivity index is 2.24. The van der Waals surface area contributed by atoms with Crippen LogP contribution >= 0.6 is 0 Å². The monoisotopic (exact) mass is 225 g/mol. The molecule has 4 nitrogen and oxygen atoms in total. The van der Waals surface area contributed by atoms with Crippen LogP contribution < -0.4 is 11.1 Å². The number of nitrogens with one attached hydrogen (secondary N) is 1. The largest absolute Gasteiger partial charge is 0.351 e. The highest BCUT2D eigenvalue weighted by molar-refractivity contribution is 5.81. The Kier molecular flexibility index (Phi) is 5.49. The third-order valence-corrected chi connectivity index (χ3v) is 2.88. The smallest absolute Gasteiger partial charge is 0.237 e. The van der Waals surface area contributed by atoms with E-state index in [1.54, 1.807) is 6.08 Å². The second-order valence-corrected chi connectivity index (χ2v) is 4.55. The van der Waals surface area contributed by atoms with Crippen LogP contribution in [-0.4, -0.2) is 42.5 Å². The van der Waals surface area contributed by atoms with Gasteiger partial charge >= 0.3 is 0 Å². The van der Waals surface area contributed by atoms with Gasteiger partial charge in [-0.3, -0.25) is 4.79 Å². The number of nitrogens with two attached hydrogens (primary N) is 1. The first-order valence-corrected chi connectivity index (χ1v) is 6.02. The van der Waals surface area contributed by atoms with Crippen molar-refractivity contribution in [2.75, 3.05) is 19.6 Å². The maximum absolute atomic E-state index is 11.6. The van der Waals surface area contributed by atoms with Gasteiger partial charge < -0.3 is 16.0 Å². The Labute approximate surface area is 97.9 Å². The van der Waals surface area contributed by atoms with Crippen LogP contribution in [0.4, 0.5) is 0 Å². The van der Waals surface area contributed by atoms with Crippen LogP contribution in [0.25, 0.3) is 0 Å². The SMILES string of the molecule is C=CCC(N)C(=O)NC(C)CN1CCCC1. The summed E-state index contributed by atoms with van der Waals surface area (Å²) in [6.45, 7) is 8.83. The van der Waals surface area contributed by atoms with Gasteiger partial charge in [0, 0.05) is 12.6 Å². The summed E-state index contributed by atoms with van der Waals surface area (Å²) < 4.78 is 0. The van der Waals surface area contributed by atoms with E-state index in [2.05, 4.69) is 16.8 Å². The average molecular weight is 225 g/mol. The molecule has 0 aromatic rings. The van der Waals surface area contributed by atoms with E-state index in [1.807, 2.05) is 6.92 Å². The van der Waals surface area contributed by atoms with Gasteiger partial charge in [-0.25, -0.2) is 0 Å². The first-order chi connectivity index (χ1) is 7.63. The third-order valence-electron chi connectivity index (χ3n) is 2.88. The molecule has 1 aliphatic rings. The third kappa shape index (κ3) is 4.33. The summed E-state index contributed by atoms with van der Waals surface area (Å²) in [6.07, 6.45) is 4.75. The fraction of sp³-hybridized carbons (Fsp3) is 0.750. The van der Waals surface area contributed by atoms with E-state index in [1.165, 1.54) is 12.8 Å². The number of amides is 1. The second kappa shape index (κ2) is 6.66. The molecule has 4 heteroatoms. The van der Waals surface area contributed by atoms with E-state index in [-0.39, 0.29) is 11.9 Å². The lowest BCUT2D eigenvalue weighted by Crippen LogP contribution is -2.47. The molecule has 0 spiro atoms. The molecule has 0 radical (unpaired) electrons. The Morgan fingerprint density at radius 3 is 2.75 bits per heavy atom. The lowest BCUT2D eigenvalue weighted by molar-refractivity contribution is -0.123. The van der Waals surface area contributed by atoms with Crippen LogP contribution in [0, 0.1) is 0 Å². The van der Waals surface area contributed by atoms with E-state index in [9.17, 15) is 4.79 Å². The first-order valence-electron chi connectivity index (χ1n) is 6.02. The summed E-state index contributed by atoms with van der Waals surface area (Å²) in [5.41, 5.74) is 5.69. The van der Waals surface area contributed by atoms with Crippen molar-refractivity contribution in [3.05, 3.63) is 12.7 Å². The molecular weight excluding hydrogens is 202 g/mol. The van der Waals surface area contributed by atoms with E-state index < -0.39 is 6.04 Å². The number of hydrogen-bond acceptors (Lipinski definition) is 3. The van der Waals surface area contributed by atoms with Gasteiger partial charge in [-0.2, -0.15) is 0 Å². The van der Waals surface area contributed by atoms with Crippen molar-refractivity contribution in [2.24, 2.45) is 5.73 Å². The molecule has 92 valence electrons. The Morgan fingerprint density at radius 2 is 2.19 bits per heavy atom. The summed E-state index contributed by atoms with van der Waals surface area (Å²) in [6, 6.07) is -0.292. The van der Waals surface area contributed by atoms with E-state index >= 15 is 0 Å². The van der Waals surface area contributed by atoms with Gasteiger partial charge in [0.15, 0.2) is 0 Å². The zero-order valence-corrected chi connectivity index (χ0v) is 10.1. The molecule has 1 heterocycles. The molecule has 16 heavy (non-hydrogen) atoms. The van der Waals surface area contributed by atoms with Crippen molar-refractivity contribution in [1.82, 2.24) is 10.2 Å². The molecule has 0 aromatic heterocycles. The molecule has 1 saturated heterocycles. The van der Waals surface area contributed by atoms with Gasteiger partial charge in [-0.1, -0.05) is 6.08 Å². The topological polar surface area (TPSA) is 58.4 Å². The first kappa shape index (κ1) is 13.2. The normalized spacial score (nSPS) is 20.4. The van der Waals surface area contributed by atoms with Gasteiger partial charge in [0.25, 0.3) is 0 Å². The Hall–Kier alpha value is -0.870. The minimum atomic E-state index is -0.460. The van der Waals surface area contributed by atoms with E-state index in [4.69, 9.17) is 5.73 Å². The highest BCUT2D eigenvalue weighted by Gasteiger charge is 2.18. The molecule has 1 fully saturated rings. The zero-order valence-electron chi connectivity index (χ0n) is 10.1. The summed E-state index contributed by atoms with van der Waals surface area (Å²) in [5.74, 6) is -0.0772. The van der Waals surface area contributed by atoms with Crippen LogP contribution in [0.15, 0.2) is 12.7 Å². The number of likely N-dealkylation sites (tertiary alicyclic amines) is 1. The van der Waals surface area contributed by atoms with Crippen LogP contribution in [0.1, 0.15) is 26.2 Å². The van der Waals surface area contributed by atoms with Crippen molar-refractivity contribution >= 4 is 5.91 Å². The number of carbonyl (C=O) groups excluding carboxylic acids is 1. The van der Waals surface area contributed by atoms with Crippen LogP contribution in [0.5, 0.6) is 0 Å². The van der Waals surface area contributed by atoms with E-state index in [0.29, 0.717) is 6.42 Å². The summed E-state index contributed by atoms with van der Waals surface area (Å²) in [7, 11) is 0. The predicted octanol–water partition coefficient (Wildman–Crippen LogP) is 0.490. The molecule has 0 aromatic carbocycles. The summed E-state index contributed by atoms with van der Waals surface area (Å²) >= 11 is 0. The Bertz CT molecular complexity index is 236. The number of hydrogen-bond donors (Lipinski definition) is 2. The van der Waals surface area contributed by atoms with Gasteiger partial charge in [-0.15, -0.1) is 6.58 Å². The standard InChI is InChI=1S/C12H23N3O/c1-3-6-11(13)12(16)14-10(2)9-15-7-4-5-8-15/h3,10-11H,1,4-9,13H2,2H3,(H,14,16). The number of rotatable bonds is 6. The van der Waals surface area contributed by atoms with Gasteiger partial charge in [0.2, 0.25) is 5.91 Å². The second-order valence-electron chi connectivity index (χ2n) is 4.55. The van der Waals surface area contributed by atoms with Crippen LogP contribution in [0.3, 0.4) is 0 Å². The van der Waals surface area contributed by atoms with Crippen molar-refractivity contribution in [3.63, 3.8) is 0 Å². The van der Waals surface area contributed by atoms with Gasteiger partial charge in [-0.05, 0) is 39.3 Å². The molecule has 2 atom stereocenters. The maximum atomic E-state index is 11.6. The zero-order chi connectivity index (χ0) is 12.0. The molecule has 1 aliphatic heterocycles. The fourth-order valence-electron chi connectivity index (χ4n) is 2.03. The maximum Gasteiger partial charge on any atom is 0.237 e. The number of nitrogens with zero attached hydrogens (tertiary/aromatic N) is 1. The highest BCUT2D eigenvalue weighted by Crippen LogP contribution is 2.07. The van der Waals surface area contributed by atoms with Crippen LogP contribution in [-0.2, 0) is 4.79 Å². The molecule has 0 aliphatic carbocycles. The molecule has 0 bridgehead atoms. The van der Waals surface area contributed by atoms with Crippen molar-refractivity contribution in [1.29, 1.82) is 0 Å². The molecule has 2 unspecified atom stereocenters. The molecule has 1 amide bonds. The quantitative estimate of drug-likeness (QED) is 0.647. The minimum Gasteiger partial charge on any atom is -0.351 e. The molecular formula is C12H23N3O. The van der Waals surface area contributed by atoms with Crippen molar-refractivity contribution < 1.29 is 4.79 Å². The van der Waals surface area contributed by atoms with Gasteiger partial charge in [0.05, 0.1) is 6.04 Å². The molecule has 0 saturated carbocycles. The summed E-state index contributed by atoms with van der Waals surface area (Å²) in [4.78, 5) is 14.0. The highest BCUT2D eigenvalue weighted by atomic mass is 16.2. The number of carbonyl (C=O) groups is 1. The average Bonchev–Trinajstić information content (AvgIpc) is 2.70. The minimum absolute atomic E-state index is 0.0772. The van der Waals surface area contributed by atoms with Gasteiger partial charge in [0.1, 0.15) is 0 Å². The van der Waals surface area contributed by atoms with Crippen molar-refractivity contribution in [3.8, 4) is 0 Å². The lowest BCUT2D eigenvalue weighted by Gasteiger charge is -2.22. The molecule has 3 N–H and O–H groups in total. The molecule has 1 rings (SSSR count). The Morgan fingerprint density at radius 1 is 1.56 bits per heavy atom. The lowest BCUT2D eigenvalue weighted by atomic mass is 10.2.